The first-order chi connectivity index (χ1) is 11.8. The van der Waals surface area contributed by atoms with Gasteiger partial charge in [0.15, 0.2) is 5.69 Å². The average molecular weight is 386 g/mol. The third-order valence-electron chi connectivity index (χ3n) is 4.31. The van der Waals surface area contributed by atoms with Crippen molar-refractivity contribution < 1.29 is 14.0 Å². The van der Waals surface area contributed by atoms with Crippen molar-refractivity contribution in [3.63, 3.8) is 0 Å². The molecule has 0 fully saturated rings. The zero-order valence-electron chi connectivity index (χ0n) is 13.4. The van der Waals surface area contributed by atoms with E-state index in [1.165, 1.54) is 11.3 Å². The maximum absolute atomic E-state index is 5.70. The molecule has 1 aliphatic heterocycles. The van der Waals surface area contributed by atoms with Crippen LogP contribution in [-0.2, 0) is 17.9 Å². The Morgan fingerprint density at radius 3 is 2.54 bits per heavy atom. The molecule has 0 bridgehead atoms. The Morgan fingerprint density at radius 1 is 1.08 bits per heavy atom. The molecule has 0 saturated heterocycles. The minimum atomic E-state index is 0.614. The van der Waals surface area contributed by atoms with E-state index < -0.39 is 0 Å². The summed E-state index contributed by atoms with van der Waals surface area (Å²) in [6.45, 7) is 2.22. The van der Waals surface area contributed by atoms with Crippen LogP contribution in [0, 0.1) is 0 Å². The molecule has 0 atom stereocenters. The first-order valence-electron chi connectivity index (χ1n) is 7.88. The van der Waals surface area contributed by atoms with E-state index in [-0.39, 0.29) is 0 Å². The Balaban J connectivity index is 1.84. The highest BCUT2D eigenvalue weighted by Crippen LogP contribution is 2.24. The number of imidazole rings is 1. The number of hydrogen-bond acceptors (Lipinski definition) is 2. The molecule has 1 aromatic heterocycles. The fraction of sp³-hybridized carbons (Fsp3) is 0.211. The number of nitrogens with zero attached hydrogens (tertiary/aromatic N) is 2. The van der Waals surface area contributed by atoms with Gasteiger partial charge < -0.3 is 9.47 Å². The third kappa shape index (κ3) is 2.74. The molecule has 2 heterocycles. The van der Waals surface area contributed by atoms with Crippen molar-refractivity contribution in [1.82, 2.24) is 4.57 Å². The van der Waals surface area contributed by atoms with Gasteiger partial charge in [0, 0.05) is 10.0 Å². The van der Waals surface area contributed by atoms with Gasteiger partial charge in [-0.1, -0.05) is 15.9 Å². The molecule has 0 N–H and O–H groups in total. The SMILES string of the molecule is COc1ccc(-n2cc(-c3ccc(Br)cc3)[n+]3c2COCC3)cc1. The fourth-order valence-electron chi connectivity index (χ4n) is 3.07. The Morgan fingerprint density at radius 2 is 1.83 bits per heavy atom. The van der Waals surface area contributed by atoms with E-state index in [0.717, 1.165) is 34.9 Å². The lowest BCUT2D eigenvalue weighted by Crippen LogP contribution is -2.45. The number of rotatable bonds is 3. The van der Waals surface area contributed by atoms with Gasteiger partial charge in [0.05, 0.1) is 13.7 Å². The summed E-state index contributed by atoms with van der Waals surface area (Å²) in [5, 5.41) is 0. The van der Waals surface area contributed by atoms with Crippen LogP contribution in [0.3, 0.4) is 0 Å². The van der Waals surface area contributed by atoms with Crippen LogP contribution < -0.4 is 9.30 Å². The molecule has 0 spiro atoms. The van der Waals surface area contributed by atoms with Crippen molar-refractivity contribution in [3.8, 4) is 22.7 Å². The van der Waals surface area contributed by atoms with Crippen molar-refractivity contribution in [2.24, 2.45) is 0 Å². The number of ether oxygens (including phenoxy) is 2. The topological polar surface area (TPSA) is 27.3 Å². The predicted octanol–water partition coefficient (Wildman–Crippen LogP) is 3.73. The second kappa shape index (κ2) is 6.42. The van der Waals surface area contributed by atoms with Crippen LogP contribution in [0.2, 0.25) is 0 Å². The lowest BCUT2D eigenvalue weighted by Gasteiger charge is -2.12. The molecule has 4 rings (SSSR count). The van der Waals surface area contributed by atoms with Gasteiger partial charge in [0.25, 0.3) is 5.82 Å². The highest BCUT2D eigenvalue weighted by atomic mass is 79.9. The molecule has 0 saturated carbocycles. The minimum Gasteiger partial charge on any atom is -0.497 e. The van der Waals surface area contributed by atoms with E-state index in [2.05, 4.69) is 67.7 Å². The average Bonchev–Trinajstić information content (AvgIpc) is 3.02. The van der Waals surface area contributed by atoms with Gasteiger partial charge in [-0.15, -0.1) is 0 Å². The molecule has 0 amide bonds. The van der Waals surface area contributed by atoms with Gasteiger partial charge in [0.1, 0.15) is 30.8 Å². The molecule has 0 unspecified atom stereocenters. The molecule has 122 valence electrons. The summed E-state index contributed by atoms with van der Waals surface area (Å²) in [6.07, 6.45) is 2.19. The third-order valence-corrected chi connectivity index (χ3v) is 4.84. The van der Waals surface area contributed by atoms with E-state index in [1.54, 1.807) is 7.11 Å². The number of benzene rings is 2. The van der Waals surface area contributed by atoms with Crippen molar-refractivity contribution in [1.29, 1.82) is 0 Å². The van der Waals surface area contributed by atoms with Crippen LogP contribution in [0.15, 0.2) is 59.2 Å². The summed E-state index contributed by atoms with van der Waals surface area (Å²) in [4.78, 5) is 0. The van der Waals surface area contributed by atoms with Crippen LogP contribution in [0.5, 0.6) is 5.75 Å². The molecule has 24 heavy (non-hydrogen) atoms. The highest BCUT2D eigenvalue weighted by molar-refractivity contribution is 9.10. The van der Waals surface area contributed by atoms with Gasteiger partial charge in [-0.3, -0.25) is 0 Å². The Labute approximate surface area is 149 Å². The first-order valence-corrected chi connectivity index (χ1v) is 8.68. The fourth-order valence-corrected chi connectivity index (χ4v) is 3.33. The Hall–Kier alpha value is -2.11. The van der Waals surface area contributed by atoms with Gasteiger partial charge >= 0.3 is 0 Å². The first kappa shape index (κ1) is 15.4. The van der Waals surface area contributed by atoms with Crippen molar-refractivity contribution in [2.75, 3.05) is 13.7 Å². The highest BCUT2D eigenvalue weighted by Gasteiger charge is 2.28. The molecule has 4 nitrogen and oxygen atoms in total. The number of fused-ring (bicyclic) bond motifs is 1. The van der Waals surface area contributed by atoms with E-state index in [1.807, 2.05) is 12.1 Å². The van der Waals surface area contributed by atoms with Crippen LogP contribution >= 0.6 is 15.9 Å². The zero-order valence-corrected chi connectivity index (χ0v) is 15.0. The van der Waals surface area contributed by atoms with Crippen LogP contribution in [0.1, 0.15) is 5.82 Å². The van der Waals surface area contributed by atoms with Crippen LogP contribution in [0.4, 0.5) is 0 Å². The summed E-state index contributed by atoms with van der Waals surface area (Å²) in [6, 6.07) is 16.5. The van der Waals surface area contributed by atoms with Crippen LogP contribution in [-0.4, -0.2) is 18.3 Å². The van der Waals surface area contributed by atoms with E-state index in [9.17, 15) is 0 Å². The standard InChI is InChI=1S/C19H18BrN2O2/c1-23-17-8-6-16(7-9-17)22-12-18(14-2-4-15(20)5-3-14)21-10-11-24-13-19(21)22/h2-9,12H,10-11,13H2,1H3/q+1. The summed E-state index contributed by atoms with van der Waals surface area (Å²) in [5.74, 6) is 2.01. The largest absolute Gasteiger partial charge is 0.497 e. The summed E-state index contributed by atoms with van der Waals surface area (Å²) in [7, 11) is 1.68. The smallest absolute Gasteiger partial charge is 0.288 e. The van der Waals surface area contributed by atoms with Gasteiger partial charge in [0.2, 0.25) is 0 Å². The summed E-state index contributed by atoms with van der Waals surface area (Å²) >= 11 is 3.50. The second-order valence-electron chi connectivity index (χ2n) is 5.71. The molecule has 0 radical (unpaired) electrons. The molecule has 0 aliphatic carbocycles. The molecular formula is C19H18BrN2O2+. The lowest BCUT2D eigenvalue weighted by atomic mass is 10.1. The Kier molecular flexibility index (Phi) is 4.12. The van der Waals surface area contributed by atoms with E-state index in [0.29, 0.717) is 6.61 Å². The monoisotopic (exact) mass is 385 g/mol. The van der Waals surface area contributed by atoms with Crippen molar-refractivity contribution in [2.45, 2.75) is 13.2 Å². The van der Waals surface area contributed by atoms with E-state index in [4.69, 9.17) is 9.47 Å². The maximum Gasteiger partial charge on any atom is 0.288 e. The van der Waals surface area contributed by atoms with Gasteiger partial charge in [-0.05, 0) is 48.5 Å². The maximum atomic E-state index is 5.70. The van der Waals surface area contributed by atoms with Crippen LogP contribution in [0.25, 0.3) is 16.9 Å². The quantitative estimate of drug-likeness (QED) is 0.642. The molecule has 2 aromatic carbocycles. The number of hydrogen-bond donors (Lipinski definition) is 0. The lowest BCUT2D eigenvalue weighted by molar-refractivity contribution is -0.706. The zero-order chi connectivity index (χ0) is 16.5. The minimum absolute atomic E-state index is 0.614. The summed E-state index contributed by atoms with van der Waals surface area (Å²) < 4.78 is 16.6. The van der Waals surface area contributed by atoms with E-state index >= 15 is 0 Å². The molecule has 5 heteroatoms. The van der Waals surface area contributed by atoms with Crippen molar-refractivity contribution in [3.05, 3.63) is 65.0 Å². The predicted molar refractivity (Wildman–Crippen MR) is 95.3 cm³/mol. The molecular weight excluding hydrogens is 368 g/mol. The number of methoxy groups -OCH3 is 1. The van der Waals surface area contributed by atoms with Crippen molar-refractivity contribution >= 4 is 15.9 Å². The second-order valence-corrected chi connectivity index (χ2v) is 6.63. The number of halogens is 1. The molecule has 1 aliphatic rings. The Bertz CT molecular complexity index is 854. The normalized spacial score (nSPS) is 13.6. The summed E-state index contributed by atoms with van der Waals surface area (Å²) in [5.41, 5.74) is 3.51. The molecule has 3 aromatic rings. The number of aromatic nitrogens is 2. The van der Waals surface area contributed by atoms with Gasteiger partial charge in [-0.25, -0.2) is 4.57 Å². The van der Waals surface area contributed by atoms with Gasteiger partial charge in [-0.2, -0.15) is 4.57 Å².